The zero-order chi connectivity index (χ0) is 11.7. The number of hydrogen-bond acceptors (Lipinski definition) is 1. The van der Waals surface area contributed by atoms with Crippen LogP contribution in [-0.2, 0) is 0 Å². The van der Waals surface area contributed by atoms with Gasteiger partial charge in [0.05, 0.1) is 0 Å². The molecule has 0 saturated heterocycles. The molecule has 1 fully saturated rings. The molecular formula is C15H24S. The van der Waals surface area contributed by atoms with Crippen molar-refractivity contribution in [3.05, 3.63) is 22.1 Å². The molecule has 1 atom stereocenters. The van der Waals surface area contributed by atoms with E-state index in [9.17, 15) is 0 Å². The van der Waals surface area contributed by atoms with Crippen LogP contribution in [0.5, 0.6) is 0 Å². The van der Waals surface area contributed by atoms with Crippen LogP contribution in [0.2, 0.25) is 0 Å². The molecule has 0 bridgehead atoms. The van der Waals surface area contributed by atoms with Crippen molar-refractivity contribution in [3.8, 4) is 0 Å². The molecule has 1 unspecified atom stereocenters. The van der Waals surface area contributed by atoms with E-state index in [1.165, 1.54) is 42.6 Å². The predicted octanol–water partition coefficient (Wildman–Crippen LogP) is 4.98. The van der Waals surface area contributed by atoms with Crippen molar-refractivity contribution >= 4 is 12.6 Å². The minimum absolute atomic E-state index is 0.668. The Labute approximate surface area is 106 Å². The Bertz CT molecular complexity index is 318. The second-order valence-electron chi connectivity index (χ2n) is 5.89. The van der Waals surface area contributed by atoms with Gasteiger partial charge in [-0.25, -0.2) is 0 Å². The molecule has 0 spiro atoms. The predicted molar refractivity (Wildman–Crippen MR) is 74.7 cm³/mol. The molecule has 0 radical (unpaired) electrons. The summed E-state index contributed by atoms with van der Waals surface area (Å²) >= 11 is 4.64. The summed E-state index contributed by atoms with van der Waals surface area (Å²) in [5.41, 5.74) is 3.19. The maximum Gasteiger partial charge on any atom is -0.00439 e. The highest BCUT2D eigenvalue weighted by Gasteiger charge is 2.25. The topological polar surface area (TPSA) is 0 Å². The molecule has 0 aliphatic heterocycles. The summed E-state index contributed by atoms with van der Waals surface area (Å²) < 4.78 is 0. The first-order chi connectivity index (χ1) is 7.58. The van der Waals surface area contributed by atoms with Crippen molar-refractivity contribution in [2.75, 3.05) is 0 Å². The Balaban J connectivity index is 2.01. The maximum atomic E-state index is 4.64. The average molecular weight is 236 g/mol. The van der Waals surface area contributed by atoms with Gasteiger partial charge < -0.3 is 0 Å². The van der Waals surface area contributed by atoms with Crippen LogP contribution in [0, 0.1) is 17.8 Å². The van der Waals surface area contributed by atoms with E-state index >= 15 is 0 Å². The van der Waals surface area contributed by atoms with Crippen LogP contribution in [0.25, 0.3) is 0 Å². The molecule has 16 heavy (non-hydrogen) atoms. The van der Waals surface area contributed by atoms with Gasteiger partial charge in [0.1, 0.15) is 0 Å². The summed E-state index contributed by atoms with van der Waals surface area (Å²) in [6.45, 7) is 6.89. The van der Waals surface area contributed by atoms with Crippen molar-refractivity contribution in [2.45, 2.75) is 52.9 Å². The normalized spacial score (nSPS) is 26.3. The Morgan fingerprint density at radius 1 is 1.38 bits per heavy atom. The second kappa shape index (κ2) is 5.00. The first-order valence-electron chi connectivity index (χ1n) is 6.67. The molecule has 1 heteroatoms. The fourth-order valence-corrected chi connectivity index (χ4v) is 3.21. The number of thiol groups is 1. The van der Waals surface area contributed by atoms with Gasteiger partial charge in [0.25, 0.3) is 0 Å². The minimum Gasteiger partial charge on any atom is -0.148 e. The Kier molecular flexibility index (Phi) is 3.84. The van der Waals surface area contributed by atoms with Gasteiger partial charge in [0, 0.05) is 0 Å². The Morgan fingerprint density at radius 3 is 2.62 bits per heavy atom. The van der Waals surface area contributed by atoms with Crippen LogP contribution in [0.4, 0.5) is 0 Å². The van der Waals surface area contributed by atoms with Gasteiger partial charge in [-0.05, 0) is 54.9 Å². The molecule has 2 aliphatic carbocycles. The highest BCUT2D eigenvalue weighted by atomic mass is 32.1. The molecule has 0 aromatic rings. The lowest BCUT2D eigenvalue weighted by atomic mass is 9.81. The zero-order valence-electron chi connectivity index (χ0n) is 10.8. The lowest BCUT2D eigenvalue weighted by Gasteiger charge is -2.28. The van der Waals surface area contributed by atoms with Gasteiger partial charge in [0.15, 0.2) is 0 Å². The first-order valence-corrected chi connectivity index (χ1v) is 7.11. The lowest BCUT2D eigenvalue weighted by Crippen LogP contribution is -2.14. The first kappa shape index (κ1) is 12.3. The fraction of sp³-hybridized carbons (Fsp3) is 0.733. The highest BCUT2D eigenvalue weighted by molar-refractivity contribution is 7.84. The van der Waals surface area contributed by atoms with Crippen molar-refractivity contribution in [1.82, 2.24) is 0 Å². The van der Waals surface area contributed by atoms with Gasteiger partial charge in [-0.15, -0.1) is 12.6 Å². The molecule has 2 aliphatic rings. The average Bonchev–Trinajstić information content (AvgIpc) is 2.99. The third kappa shape index (κ3) is 2.94. The smallest absolute Gasteiger partial charge is 0.00439 e. The quantitative estimate of drug-likeness (QED) is 0.654. The van der Waals surface area contributed by atoms with Crippen LogP contribution in [0.15, 0.2) is 22.1 Å². The molecule has 0 aromatic carbocycles. The van der Waals surface area contributed by atoms with Crippen LogP contribution < -0.4 is 0 Å². The molecular weight excluding hydrogens is 212 g/mol. The van der Waals surface area contributed by atoms with Gasteiger partial charge in [-0.1, -0.05) is 37.8 Å². The third-order valence-electron chi connectivity index (χ3n) is 4.12. The zero-order valence-corrected chi connectivity index (χ0v) is 11.7. The van der Waals surface area contributed by atoms with E-state index in [0.29, 0.717) is 11.8 Å². The monoisotopic (exact) mass is 236 g/mol. The Morgan fingerprint density at radius 2 is 2.06 bits per heavy atom. The summed E-state index contributed by atoms with van der Waals surface area (Å²) in [5, 5.41) is 0. The standard InChI is InChI=1S/C15H24S/c1-10(2)14-9-13(7-6-12-4-5-12)11(3)8-15(14)16/h8,10,12,14,16H,4-7,9H2,1-3H3. The van der Waals surface area contributed by atoms with Gasteiger partial charge in [-0.2, -0.15) is 0 Å². The molecule has 2 rings (SSSR count). The van der Waals surface area contributed by atoms with Crippen molar-refractivity contribution in [2.24, 2.45) is 17.8 Å². The van der Waals surface area contributed by atoms with Crippen LogP contribution in [0.1, 0.15) is 52.9 Å². The number of hydrogen-bond donors (Lipinski definition) is 1. The molecule has 0 N–H and O–H groups in total. The Hall–Kier alpha value is -0.170. The number of allylic oxidation sites excluding steroid dienone is 4. The summed E-state index contributed by atoms with van der Waals surface area (Å²) in [6, 6.07) is 0. The van der Waals surface area contributed by atoms with Gasteiger partial charge >= 0.3 is 0 Å². The van der Waals surface area contributed by atoms with E-state index < -0.39 is 0 Å². The summed E-state index contributed by atoms with van der Waals surface area (Å²) in [6.07, 6.45) is 9.27. The van der Waals surface area contributed by atoms with Gasteiger partial charge in [0.2, 0.25) is 0 Å². The maximum absolute atomic E-state index is 4.64. The summed E-state index contributed by atoms with van der Waals surface area (Å²) in [4.78, 5) is 1.29. The SMILES string of the molecule is CC1=C(CCC2CC2)CC(C(C)C)C(S)=C1. The van der Waals surface area contributed by atoms with Crippen molar-refractivity contribution in [1.29, 1.82) is 0 Å². The highest BCUT2D eigenvalue weighted by Crippen LogP contribution is 2.40. The van der Waals surface area contributed by atoms with Crippen LogP contribution >= 0.6 is 12.6 Å². The molecule has 0 nitrogen and oxygen atoms in total. The van der Waals surface area contributed by atoms with Crippen LogP contribution in [-0.4, -0.2) is 0 Å². The summed E-state index contributed by atoms with van der Waals surface area (Å²) in [5.74, 6) is 2.44. The van der Waals surface area contributed by atoms with Crippen molar-refractivity contribution < 1.29 is 0 Å². The lowest BCUT2D eigenvalue weighted by molar-refractivity contribution is 0.442. The van der Waals surface area contributed by atoms with E-state index in [0.717, 1.165) is 5.92 Å². The molecule has 90 valence electrons. The van der Waals surface area contributed by atoms with E-state index in [1.807, 2.05) is 0 Å². The second-order valence-corrected chi connectivity index (χ2v) is 6.41. The molecule has 0 heterocycles. The largest absolute Gasteiger partial charge is 0.148 e. The molecule has 1 saturated carbocycles. The van der Waals surface area contributed by atoms with Crippen molar-refractivity contribution in [3.63, 3.8) is 0 Å². The van der Waals surface area contributed by atoms with E-state index in [2.05, 4.69) is 39.5 Å². The summed E-state index contributed by atoms with van der Waals surface area (Å²) in [7, 11) is 0. The third-order valence-corrected chi connectivity index (χ3v) is 4.59. The number of rotatable bonds is 4. The van der Waals surface area contributed by atoms with Crippen LogP contribution in [0.3, 0.4) is 0 Å². The van der Waals surface area contributed by atoms with E-state index in [1.54, 1.807) is 5.57 Å². The van der Waals surface area contributed by atoms with E-state index in [4.69, 9.17) is 0 Å². The van der Waals surface area contributed by atoms with Gasteiger partial charge in [-0.3, -0.25) is 0 Å². The molecule has 0 aromatic heterocycles. The van der Waals surface area contributed by atoms with E-state index in [-0.39, 0.29) is 0 Å². The fourth-order valence-electron chi connectivity index (χ4n) is 2.62. The molecule has 0 amide bonds. The minimum atomic E-state index is 0.668.